The Balaban J connectivity index is 1.74. The molecule has 2 aromatic rings. The van der Waals surface area contributed by atoms with Crippen molar-refractivity contribution >= 4 is 40.6 Å². The summed E-state index contributed by atoms with van der Waals surface area (Å²) in [7, 11) is 1.97. The van der Waals surface area contributed by atoms with E-state index in [0.717, 1.165) is 13.1 Å². The van der Waals surface area contributed by atoms with Crippen LogP contribution in [0.4, 0.5) is 10.5 Å². The number of imidazole rings is 1. The van der Waals surface area contributed by atoms with E-state index in [0.29, 0.717) is 29.8 Å². The predicted octanol–water partition coefficient (Wildman–Crippen LogP) is 1.26. The van der Waals surface area contributed by atoms with Gasteiger partial charge in [0.05, 0.1) is 17.5 Å². The Labute approximate surface area is 196 Å². The summed E-state index contributed by atoms with van der Waals surface area (Å²) in [5.74, 6) is -2.28. The molecule has 3 rings (SSSR count). The number of piperazine rings is 1. The number of amides is 3. The lowest BCUT2D eigenvalue weighted by Gasteiger charge is -2.33. The van der Waals surface area contributed by atoms with Gasteiger partial charge in [-0.2, -0.15) is 0 Å². The van der Waals surface area contributed by atoms with Gasteiger partial charge in [-0.3, -0.25) is 9.59 Å². The van der Waals surface area contributed by atoms with Crippen molar-refractivity contribution in [1.82, 2.24) is 25.1 Å². The Hall–Kier alpha value is -3.67. The van der Waals surface area contributed by atoms with Crippen LogP contribution < -0.4 is 10.6 Å². The van der Waals surface area contributed by atoms with Gasteiger partial charge in [0.25, 0.3) is 0 Å². The summed E-state index contributed by atoms with van der Waals surface area (Å²) in [6.07, 6.45) is -1.04. The van der Waals surface area contributed by atoms with E-state index < -0.39 is 29.6 Å². The first-order valence-corrected chi connectivity index (χ1v) is 10.9. The van der Waals surface area contributed by atoms with Crippen molar-refractivity contribution in [3.8, 4) is 0 Å². The van der Waals surface area contributed by atoms with Crippen molar-refractivity contribution in [2.45, 2.75) is 38.8 Å². The van der Waals surface area contributed by atoms with Crippen LogP contribution in [0, 0.1) is 0 Å². The molecule has 0 bridgehead atoms. The maximum atomic E-state index is 13.1. The molecular weight excluding hydrogens is 444 g/mol. The first-order chi connectivity index (χ1) is 15.9. The number of carboxylic acids is 1. The van der Waals surface area contributed by atoms with E-state index in [9.17, 15) is 19.2 Å². The fourth-order valence-electron chi connectivity index (χ4n) is 3.44. The number of carbonyl (C=O) groups excluding carboxylic acids is 3. The molecule has 1 fully saturated rings. The number of likely N-dealkylation sites (N-methyl/N-ethyl adjacent to an activating group) is 1. The van der Waals surface area contributed by atoms with Gasteiger partial charge in [0.2, 0.25) is 17.6 Å². The number of nitrogens with one attached hydrogen (secondary N) is 3. The molecule has 1 aliphatic heterocycles. The van der Waals surface area contributed by atoms with Crippen molar-refractivity contribution in [2.24, 2.45) is 0 Å². The van der Waals surface area contributed by atoms with E-state index in [1.165, 1.54) is 6.07 Å². The Kier molecular flexibility index (Phi) is 7.40. The van der Waals surface area contributed by atoms with Crippen LogP contribution in [-0.4, -0.2) is 93.6 Å². The number of benzene rings is 1. The second kappa shape index (κ2) is 10.1. The number of hydrogen-bond acceptors (Lipinski definition) is 7. The highest BCUT2D eigenvalue weighted by Gasteiger charge is 2.29. The van der Waals surface area contributed by atoms with E-state index in [1.807, 2.05) is 7.05 Å². The van der Waals surface area contributed by atoms with E-state index in [-0.39, 0.29) is 18.2 Å². The molecule has 2 heterocycles. The summed E-state index contributed by atoms with van der Waals surface area (Å²) in [6, 6.07) is 3.47. The molecule has 4 N–H and O–H groups in total. The predicted molar refractivity (Wildman–Crippen MR) is 124 cm³/mol. The van der Waals surface area contributed by atoms with Gasteiger partial charge < -0.3 is 35.3 Å². The molecule has 1 unspecified atom stereocenters. The van der Waals surface area contributed by atoms with E-state index in [2.05, 4.69) is 25.5 Å². The smallest absolute Gasteiger partial charge is 0.408 e. The molecule has 12 nitrogen and oxygen atoms in total. The third-order valence-corrected chi connectivity index (χ3v) is 5.19. The molecule has 1 aromatic carbocycles. The number of hydrogen-bond donors (Lipinski definition) is 4. The number of aromatic carboxylic acids is 1. The van der Waals surface area contributed by atoms with Crippen molar-refractivity contribution in [1.29, 1.82) is 0 Å². The minimum Gasteiger partial charge on any atom is -0.475 e. The topological polar surface area (TPSA) is 157 Å². The number of alkyl carbamates (subject to hydrolysis) is 1. The number of fused-ring (bicyclic) bond motifs is 1. The first-order valence-electron chi connectivity index (χ1n) is 10.9. The molecular formula is C22H30N6O6. The molecule has 1 saturated heterocycles. The summed E-state index contributed by atoms with van der Waals surface area (Å²) in [5, 5.41) is 14.3. The van der Waals surface area contributed by atoms with Crippen LogP contribution in [0.5, 0.6) is 0 Å². The number of aromatic nitrogens is 2. The quantitative estimate of drug-likeness (QED) is 0.487. The van der Waals surface area contributed by atoms with Crippen LogP contribution in [0.15, 0.2) is 18.2 Å². The van der Waals surface area contributed by atoms with Gasteiger partial charge >= 0.3 is 12.1 Å². The Morgan fingerprint density at radius 1 is 1.18 bits per heavy atom. The van der Waals surface area contributed by atoms with Crippen LogP contribution in [0.3, 0.4) is 0 Å². The monoisotopic (exact) mass is 474 g/mol. The zero-order valence-corrected chi connectivity index (χ0v) is 19.7. The average Bonchev–Trinajstić information content (AvgIpc) is 3.16. The molecule has 1 aromatic heterocycles. The lowest BCUT2D eigenvalue weighted by Crippen LogP contribution is -2.51. The minimum absolute atomic E-state index is 0.222. The summed E-state index contributed by atoms with van der Waals surface area (Å²) in [4.78, 5) is 59.7. The number of rotatable bonds is 6. The van der Waals surface area contributed by atoms with Crippen molar-refractivity contribution in [3.63, 3.8) is 0 Å². The second-order valence-corrected chi connectivity index (χ2v) is 9.20. The van der Waals surface area contributed by atoms with Gasteiger partial charge in [0.15, 0.2) is 0 Å². The average molecular weight is 475 g/mol. The van der Waals surface area contributed by atoms with E-state index in [1.54, 1.807) is 37.8 Å². The van der Waals surface area contributed by atoms with Crippen LogP contribution in [0.25, 0.3) is 11.0 Å². The highest BCUT2D eigenvalue weighted by atomic mass is 16.6. The van der Waals surface area contributed by atoms with Gasteiger partial charge in [-0.05, 0) is 46.0 Å². The first kappa shape index (κ1) is 25.0. The fourth-order valence-corrected chi connectivity index (χ4v) is 3.44. The summed E-state index contributed by atoms with van der Waals surface area (Å²) in [6.45, 7) is 7.62. The molecule has 0 saturated carbocycles. The van der Waals surface area contributed by atoms with Crippen LogP contribution in [0.2, 0.25) is 0 Å². The molecule has 12 heteroatoms. The number of carbonyl (C=O) groups is 4. The Morgan fingerprint density at radius 2 is 1.85 bits per heavy atom. The number of nitrogens with zero attached hydrogens (tertiary/aromatic N) is 3. The summed E-state index contributed by atoms with van der Waals surface area (Å²) in [5.41, 5.74) is 0.408. The number of aromatic amines is 1. The minimum atomic E-state index is -1.20. The number of H-pyrrole nitrogens is 1. The number of anilines is 1. The Morgan fingerprint density at radius 3 is 2.47 bits per heavy atom. The highest BCUT2D eigenvalue weighted by molar-refractivity contribution is 6.00. The van der Waals surface area contributed by atoms with Gasteiger partial charge in [-0.25, -0.2) is 14.6 Å². The largest absolute Gasteiger partial charge is 0.475 e. The lowest BCUT2D eigenvalue weighted by molar-refractivity contribution is -0.135. The van der Waals surface area contributed by atoms with E-state index >= 15 is 0 Å². The van der Waals surface area contributed by atoms with Gasteiger partial charge in [0.1, 0.15) is 11.6 Å². The lowest BCUT2D eigenvalue weighted by atomic mass is 10.1. The third-order valence-electron chi connectivity index (χ3n) is 5.19. The Bertz CT molecular complexity index is 1080. The summed E-state index contributed by atoms with van der Waals surface area (Å²) >= 11 is 0. The van der Waals surface area contributed by atoms with Gasteiger partial charge in [-0.15, -0.1) is 0 Å². The van der Waals surface area contributed by atoms with Gasteiger partial charge in [-0.1, -0.05) is 0 Å². The zero-order valence-electron chi connectivity index (χ0n) is 19.7. The molecule has 1 aliphatic rings. The second-order valence-electron chi connectivity index (χ2n) is 9.20. The molecule has 184 valence electrons. The number of carboxylic acid groups (broad SMARTS) is 1. The maximum absolute atomic E-state index is 13.1. The molecule has 34 heavy (non-hydrogen) atoms. The zero-order chi connectivity index (χ0) is 25.0. The van der Waals surface area contributed by atoms with Crippen molar-refractivity contribution < 1.29 is 29.0 Å². The normalized spacial score (nSPS) is 15.6. The molecule has 0 aliphatic carbocycles. The standard InChI is InChI=1S/C22H30N6O6/c1-22(2,3)34-21(33)26-16(12-17(29)28-9-7-27(4)8-10-28)19(30)23-13-5-6-14-15(11-13)25-18(24-14)20(31)32/h5-6,11,16H,7-10,12H2,1-4H3,(H,23,30)(H,24,25)(H,26,33)(H,31,32). The fraction of sp³-hybridized carbons (Fsp3) is 0.500. The molecule has 1 atom stereocenters. The molecule has 0 spiro atoms. The van der Waals surface area contributed by atoms with Crippen molar-refractivity contribution in [2.75, 3.05) is 38.5 Å². The third kappa shape index (κ3) is 6.67. The van der Waals surface area contributed by atoms with Crippen molar-refractivity contribution in [3.05, 3.63) is 24.0 Å². The molecule has 0 radical (unpaired) electrons. The van der Waals surface area contributed by atoms with Gasteiger partial charge in [0, 0.05) is 31.9 Å². The van der Waals surface area contributed by atoms with Crippen LogP contribution in [-0.2, 0) is 14.3 Å². The van der Waals surface area contributed by atoms with E-state index in [4.69, 9.17) is 9.84 Å². The summed E-state index contributed by atoms with van der Waals surface area (Å²) < 4.78 is 5.26. The number of ether oxygens (including phenoxy) is 1. The van der Waals surface area contributed by atoms with Crippen LogP contribution in [0.1, 0.15) is 37.8 Å². The SMILES string of the molecule is CN1CCN(C(=O)CC(NC(=O)OC(C)(C)C)C(=O)Nc2ccc3nc(C(=O)O)[nH]c3c2)CC1. The highest BCUT2D eigenvalue weighted by Crippen LogP contribution is 2.18. The van der Waals surface area contributed by atoms with Crippen LogP contribution >= 0.6 is 0 Å². The molecule has 3 amide bonds. The maximum Gasteiger partial charge on any atom is 0.408 e.